The number of nitriles is 1. The second-order valence-corrected chi connectivity index (χ2v) is 6.51. The highest BCUT2D eigenvalue weighted by molar-refractivity contribution is 8.03. The maximum atomic E-state index is 12.0. The van der Waals surface area contributed by atoms with Crippen molar-refractivity contribution in [3.05, 3.63) is 47.8 Å². The van der Waals surface area contributed by atoms with Crippen LogP contribution in [0.2, 0.25) is 0 Å². The summed E-state index contributed by atoms with van der Waals surface area (Å²) in [6.07, 6.45) is 2.01. The Kier molecular flexibility index (Phi) is 5.61. The number of thiocyanates is 1. The molecule has 0 spiro atoms. The second kappa shape index (κ2) is 8.29. The Balaban J connectivity index is 2.06. The third kappa shape index (κ3) is 4.34. The summed E-state index contributed by atoms with van der Waals surface area (Å²) in [4.78, 5) is 72.3. The van der Waals surface area contributed by atoms with Gasteiger partial charge in [-0.25, -0.2) is 9.59 Å². The number of hydrogen-bond acceptors (Lipinski definition) is 9. The molecule has 0 atom stereocenters. The monoisotopic (exact) mass is 426 g/mol. The quantitative estimate of drug-likeness (QED) is 0.215. The molecule has 150 valence electrons. The van der Waals surface area contributed by atoms with Gasteiger partial charge in [0.2, 0.25) is 0 Å². The molecule has 2 aliphatic rings. The zero-order valence-electron chi connectivity index (χ0n) is 14.7. The number of urea groups is 2. The SMILES string of the molecule is N#CSc1ccc(N(C=C2C(=O)NC(=O)NC2=O)C=C2C(=O)NC(=O)NC2=O)cc1. The fourth-order valence-corrected chi connectivity index (χ4v) is 2.77. The van der Waals surface area contributed by atoms with Crippen molar-refractivity contribution in [2.24, 2.45) is 0 Å². The van der Waals surface area contributed by atoms with Crippen LogP contribution in [0.1, 0.15) is 0 Å². The lowest BCUT2D eigenvalue weighted by atomic mass is 10.1. The number of carbonyl (C=O) groups is 6. The van der Waals surface area contributed by atoms with Gasteiger partial charge in [0, 0.05) is 23.0 Å². The summed E-state index contributed by atoms with van der Waals surface area (Å²) in [6, 6.07) is 4.14. The Labute approximate surface area is 171 Å². The summed E-state index contributed by atoms with van der Waals surface area (Å²) in [5.41, 5.74) is -0.656. The maximum absolute atomic E-state index is 12.0. The molecule has 2 fully saturated rings. The third-order valence-electron chi connectivity index (χ3n) is 3.72. The molecular formula is C17H10N6O6S. The van der Waals surface area contributed by atoms with E-state index in [0.717, 1.165) is 29.1 Å². The Morgan fingerprint density at radius 2 is 1.13 bits per heavy atom. The first-order valence-corrected chi connectivity index (χ1v) is 8.81. The van der Waals surface area contributed by atoms with E-state index in [2.05, 4.69) is 0 Å². The summed E-state index contributed by atoms with van der Waals surface area (Å²) in [6.45, 7) is 0. The molecule has 8 amide bonds. The van der Waals surface area contributed by atoms with E-state index in [1.54, 1.807) is 12.1 Å². The molecule has 0 bridgehead atoms. The van der Waals surface area contributed by atoms with E-state index in [1.807, 2.05) is 26.7 Å². The van der Waals surface area contributed by atoms with Crippen molar-refractivity contribution in [1.82, 2.24) is 21.3 Å². The fourth-order valence-electron chi connectivity index (χ4n) is 2.39. The second-order valence-electron chi connectivity index (χ2n) is 5.65. The molecule has 0 saturated carbocycles. The predicted octanol–water partition coefficient (Wildman–Crippen LogP) is -0.434. The number of nitrogens with zero attached hydrogens (tertiary/aromatic N) is 2. The van der Waals surface area contributed by atoms with Gasteiger partial charge in [0.15, 0.2) is 0 Å². The molecule has 13 heteroatoms. The van der Waals surface area contributed by atoms with E-state index in [0.29, 0.717) is 10.6 Å². The van der Waals surface area contributed by atoms with E-state index in [1.165, 1.54) is 12.1 Å². The van der Waals surface area contributed by atoms with Gasteiger partial charge in [0.1, 0.15) is 16.5 Å². The number of rotatable bonds is 4. The molecule has 0 unspecified atom stereocenters. The van der Waals surface area contributed by atoms with Crippen LogP contribution in [-0.4, -0.2) is 35.7 Å². The van der Waals surface area contributed by atoms with Crippen LogP contribution >= 0.6 is 11.8 Å². The number of thioether (sulfide) groups is 1. The molecule has 4 N–H and O–H groups in total. The Morgan fingerprint density at radius 1 is 0.733 bits per heavy atom. The zero-order valence-corrected chi connectivity index (χ0v) is 15.5. The van der Waals surface area contributed by atoms with Gasteiger partial charge in [-0.2, -0.15) is 5.26 Å². The molecule has 0 aliphatic carbocycles. The number of benzene rings is 1. The lowest BCUT2D eigenvalue weighted by Crippen LogP contribution is -2.52. The molecule has 0 radical (unpaired) electrons. The minimum Gasteiger partial charge on any atom is -0.322 e. The lowest BCUT2D eigenvalue weighted by molar-refractivity contribution is -0.125. The summed E-state index contributed by atoms with van der Waals surface area (Å²) in [7, 11) is 0. The first kappa shape index (κ1) is 20.3. The van der Waals surface area contributed by atoms with Gasteiger partial charge >= 0.3 is 12.1 Å². The van der Waals surface area contributed by atoms with Crippen LogP contribution in [0.25, 0.3) is 0 Å². The average Bonchev–Trinajstić information content (AvgIpc) is 2.66. The van der Waals surface area contributed by atoms with Gasteiger partial charge in [-0.05, 0) is 36.0 Å². The Bertz CT molecular complexity index is 999. The van der Waals surface area contributed by atoms with Crippen LogP contribution in [0, 0.1) is 10.7 Å². The van der Waals surface area contributed by atoms with Crippen molar-refractivity contribution in [2.75, 3.05) is 4.90 Å². The van der Waals surface area contributed by atoms with E-state index in [4.69, 9.17) is 5.26 Å². The van der Waals surface area contributed by atoms with Crippen LogP contribution in [0.15, 0.2) is 52.7 Å². The largest absolute Gasteiger partial charge is 0.328 e. The molecule has 3 rings (SSSR count). The average molecular weight is 426 g/mol. The van der Waals surface area contributed by atoms with E-state index in [-0.39, 0.29) is 0 Å². The van der Waals surface area contributed by atoms with E-state index >= 15 is 0 Å². The highest BCUT2D eigenvalue weighted by Crippen LogP contribution is 2.24. The van der Waals surface area contributed by atoms with E-state index < -0.39 is 46.8 Å². The Hall–Kier alpha value is -4.44. The predicted molar refractivity (Wildman–Crippen MR) is 99.9 cm³/mol. The molecule has 12 nitrogen and oxygen atoms in total. The molecule has 2 heterocycles. The van der Waals surface area contributed by atoms with Gasteiger partial charge in [-0.3, -0.25) is 40.4 Å². The minimum absolute atomic E-state index is 0.298. The van der Waals surface area contributed by atoms with Crippen molar-refractivity contribution in [2.45, 2.75) is 4.90 Å². The van der Waals surface area contributed by atoms with Crippen LogP contribution in [0.3, 0.4) is 0 Å². The number of nitrogens with one attached hydrogen (secondary N) is 4. The first-order chi connectivity index (χ1) is 14.3. The smallest absolute Gasteiger partial charge is 0.322 e. The van der Waals surface area contributed by atoms with Crippen molar-refractivity contribution in [3.63, 3.8) is 0 Å². The van der Waals surface area contributed by atoms with Crippen LogP contribution in [0.5, 0.6) is 0 Å². The van der Waals surface area contributed by atoms with Crippen LogP contribution < -0.4 is 26.2 Å². The zero-order chi connectivity index (χ0) is 21.8. The fraction of sp³-hybridized carbons (Fsp3) is 0. The first-order valence-electron chi connectivity index (χ1n) is 8.00. The van der Waals surface area contributed by atoms with Gasteiger partial charge in [-0.15, -0.1) is 0 Å². The molecule has 30 heavy (non-hydrogen) atoms. The van der Waals surface area contributed by atoms with Gasteiger partial charge < -0.3 is 4.90 Å². The summed E-state index contributed by atoms with van der Waals surface area (Å²) in [5.74, 6) is -3.96. The number of hydrogen-bond donors (Lipinski definition) is 4. The summed E-state index contributed by atoms with van der Waals surface area (Å²) in [5, 5.41) is 18.2. The van der Waals surface area contributed by atoms with E-state index in [9.17, 15) is 28.8 Å². The normalized spacial score (nSPS) is 16.1. The van der Waals surface area contributed by atoms with Gasteiger partial charge in [-0.1, -0.05) is 0 Å². The van der Waals surface area contributed by atoms with Crippen molar-refractivity contribution >= 4 is 53.1 Å². The number of carbonyl (C=O) groups excluding carboxylic acids is 6. The third-order valence-corrected chi connectivity index (χ3v) is 4.32. The highest BCUT2D eigenvalue weighted by Gasteiger charge is 2.31. The summed E-state index contributed by atoms with van der Waals surface area (Å²) >= 11 is 0.894. The molecule has 0 aromatic heterocycles. The standard InChI is InChI=1S/C17H10N6O6S/c18-7-30-9-3-1-8(2-4-9)23(5-10-12(24)19-16(28)20-13(10)25)6-11-14(26)21-17(29)22-15(11)27/h1-6H,(H2,19,20,24,25,28)(H2,21,22,26,27,29). The van der Waals surface area contributed by atoms with Gasteiger partial charge in [0.05, 0.1) is 0 Å². The molecule has 2 saturated heterocycles. The molecule has 1 aromatic rings. The number of barbiturate groups is 2. The summed E-state index contributed by atoms with van der Waals surface area (Å²) < 4.78 is 0. The Morgan fingerprint density at radius 3 is 1.50 bits per heavy atom. The number of imide groups is 4. The van der Waals surface area contributed by atoms with Crippen LogP contribution in [-0.2, 0) is 19.2 Å². The van der Waals surface area contributed by atoms with Gasteiger partial charge in [0.25, 0.3) is 23.6 Å². The molecule has 2 aliphatic heterocycles. The molecular weight excluding hydrogens is 416 g/mol. The highest BCUT2D eigenvalue weighted by atomic mass is 32.2. The van der Waals surface area contributed by atoms with Crippen molar-refractivity contribution in [3.8, 4) is 5.40 Å². The lowest BCUT2D eigenvalue weighted by Gasteiger charge is -2.22. The minimum atomic E-state index is -0.991. The number of anilines is 1. The van der Waals surface area contributed by atoms with Crippen molar-refractivity contribution < 1.29 is 28.8 Å². The number of amides is 8. The topological polar surface area (TPSA) is 178 Å². The van der Waals surface area contributed by atoms with Crippen molar-refractivity contribution in [1.29, 1.82) is 5.26 Å². The van der Waals surface area contributed by atoms with Crippen LogP contribution in [0.4, 0.5) is 15.3 Å². The maximum Gasteiger partial charge on any atom is 0.328 e. The molecule has 1 aromatic carbocycles.